The monoisotopic (exact) mass is 437 g/mol. The van der Waals surface area contributed by atoms with E-state index >= 15 is 0 Å². The van der Waals surface area contributed by atoms with E-state index in [4.69, 9.17) is 0 Å². The molecule has 4 heteroatoms. The van der Waals surface area contributed by atoms with Crippen LogP contribution in [-0.2, 0) is 10.0 Å². The van der Waals surface area contributed by atoms with Gasteiger partial charge in [0.1, 0.15) is 0 Å². The van der Waals surface area contributed by atoms with Gasteiger partial charge in [0.2, 0.25) is 10.0 Å². The van der Waals surface area contributed by atoms with Crippen molar-refractivity contribution in [1.82, 2.24) is 4.31 Å². The maximum atomic E-state index is 14.0. The van der Waals surface area contributed by atoms with Crippen LogP contribution in [-0.4, -0.2) is 25.3 Å². The highest BCUT2D eigenvalue weighted by Crippen LogP contribution is 2.29. The summed E-state index contributed by atoms with van der Waals surface area (Å²) in [6.45, 7) is 14.1. The lowest BCUT2D eigenvalue weighted by Gasteiger charge is -2.31. The Morgan fingerprint density at radius 3 is 2.13 bits per heavy atom. The summed E-state index contributed by atoms with van der Waals surface area (Å²) < 4.78 is 29.5. The third-order valence-corrected chi connectivity index (χ3v) is 7.29. The number of sulfonamides is 1. The van der Waals surface area contributed by atoms with Gasteiger partial charge in [-0.05, 0) is 68.9 Å². The zero-order valence-electron chi connectivity index (χ0n) is 19.8. The minimum absolute atomic E-state index is 0.0952. The maximum absolute atomic E-state index is 14.0. The molecule has 0 aliphatic heterocycles. The minimum Gasteiger partial charge on any atom is -0.207 e. The summed E-state index contributed by atoms with van der Waals surface area (Å²) in [6.07, 6.45) is 5.80. The van der Waals surface area contributed by atoms with Crippen molar-refractivity contribution in [1.29, 1.82) is 0 Å². The molecule has 0 amide bonds. The van der Waals surface area contributed by atoms with Crippen LogP contribution >= 0.6 is 0 Å². The first-order chi connectivity index (χ1) is 14.5. The fourth-order valence-electron chi connectivity index (χ4n) is 3.79. The van der Waals surface area contributed by atoms with Gasteiger partial charge in [0.25, 0.3) is 0 Å². The van der Waals surface area contributed by atoms with Crippen molar-refractivity contribution in [2.45, 2.75) is 59.4 Å². The number of nitrogens with zero attached hydrogens (tertiary/aromatic N) is 1. The Bertz CT molecular complexity index is 1060. The standard InChI is InChI=1S/C27H35NO2S/c1-20(2)15-16-26(21(3)4)28(17-11-14-25-12-9-8-10-13-25)31(29,30)27-23(6)18-22(5)19-24(27)7/h8-14,16,18-19,21,26H,17H2,1-7H3/b14-11+/t26-/m1/s1. The topological polar surface area (TPSA) is 37.4 Å². The minimum atomic E-state index is -3.72. The van der Waals surface area contributed by atoms with Crippen molar-refractivity contribution >= 4 is 16.1 Å². The molecular weight excluding hydrogens is 402 g/mol. The predicted molar refractivity (Wildman–Crippen MR) is 132 cm³/mol. The Labute approximate surface area is 188 Å². The molecule has 2 aromatic rings. The largest absolute Gasteiger partial charge is 0.244 e. The summed E-state index contributed by atoms with van der Waals surface area (Å²) in [7, 11) is -3.72. The number of benzene rings is 2. The lowest BCUT2D eigenvalue weighted by atomic mass is 10.0. The van der Waals surface area contributed by atoms with Crippen molar-refractivity contribution in [3.63, 3.8) is 0 Å². The van der Waals surface area contributed by atoms with Crippen LogP contribution in [0, 0.1) is 26.7 Å². The molecule has 166 valence electrons. The van der Waals surface area contributed by atoms with Gasteiger partial charge >= 0.3 is 0 Å². The van der Waals surface area contributed by atoms with Gasteiger partial charge in [-0.2, -0.15) is 4.31 Å². The molecule has 0 aliphatic rings. The molecule has 0 aromatic heterocycles. The van der Waals surface area contributed by atoms with E-state index in [9.17, 15) is 8.42 Å². The van der Waals surface area contributed by atoms with Crippen molar-refractivity contribution < 1.29 is 8.42 Å². The average Bonchev–Trinajstić information content (AvgIpc) is 2.66. The second kappa shape index (κ2) is 10.8. The highest BCUT2D eigenvalue weighted by Gasteiger charge is 2.33. The fraction of sp³-hybridized carbons (Fsp3) is 0.370. The molecule has 1 atom stereocenters. The zero-order chi connectivity index (χ0) is 23.2. The zero-order valence-corrected chi connectivity index (χ0v) is 20.6. The molecule has 0 fully saturated rings. The quantitative estimate of drug-likeness (QED) is 0.444. The first kappa shape index (κ1) is 24.9. The van der Waals surface area contributed by atoms with Crippen LogP contribution in [0.4, 0.5) is 0 Å². The summed E-state index contributed by atoms with van der Waals surface area (Å²) >= 11 is 0. The van der Waals surface area contributed by atoms with Crippen LogP contribution in [0.5, 0.6) is 0 Å². The van der Waals surface area contributed by atoms with E-state index in [0.717, 1.165) is 27.8 Å². The number of aryl methyl sites for hydroxylation is 3. The van der Waals surface area contributed by atoms with Crippen LogP contribution in [0.2, 0.25) is 0 Å². The van der Waals surface area contributed by atoms with Gasteiger partial charge in [-0.15, -0.1) is 5.73 Å². The molecule has 0 unspecified atom stereocenters. The Hall–Kier alpha value is -2.39. The van der Waals surface area contributed by atoms with Gasteiger partial charge in [-0.25, -0.2) is 8.42 Å². The molecule has 0 heterocycles. The molecule has 0 spiro atoms. The Morgan fingerprint density at radius 1 is 1.03 bits per heavy atom. The summed E-state index contributed by atoms with van der Waals surface area (Å²) in [6, 6.07) is 13.5. The SMILES string of the molecule is CC(C)=C=C[C@H](C(C)C)N(C/C=C/c1ccccc1)S(=O)(=O)c1c(C)cc(C)cc1C. The van der Waals surface area contributed by atoms with Gasteiger partial charge in [0.05, 0.1) is 10.9 Å². The Morgan fingerprint density at radius 2 is 1.61 bits per heavy atom. The Balaban J connectivity index is 2.59. The average molecular weight is 438 g/mol. The van der Waals surface area contributed by atoms with E-state index in [0.29, 0.717) is 4.90 Å². The normalized spacial score (nSPS) is 12.9. The lowest BCUT2D eigenvalue weighted by Crippen LogP contribution is -2.42. The maximum Gasteiger partial charge on any atom is 0.244 e. The van der Waals surface area contributed by atoms with Crippen LogP contribution < -0.4 is 0 Å². The fourth-order valence-corrected chi connectivity index (χ4v) is 5.86. The molecule has 2 rings (SSSR count). The van der Waals surface area contributed by atoms with Gasteiger partial charge in [0.15, 0.2) is 0 Å². The third kappa shape index (κ3) is 6.54. The van der Waals surface area contributed by atoms with E-state index in [2.05, 4.69) is 5.73 Å². The molecule has 0 bridgehead atoms. The van der Waals surface area contributed by atoms with Crippen molar-refractivity contribution in [2.24, 2.45) is 5.92 Å². The predicted octanol–water partition coefficient (Wildman–Crippen LogP) is 6.46. The summed E-state index contributed by atoms with van der Waals surface area (Å²) in [5, 5.41) is 0. The van der Waals surface area contributed by atoms with Crippen LogP contribution in [0.25, 0.3) is 6.08 Å². The smallest absolute Gasteiger partial charge is 0.207 e. The molecule has 31 heavy (non-hydrogen) atoms. The van der Waals surface area contributed by atoms with E-state index in [1.54, 1.807) is 4.31 Å². The molecule has 0 N–H and O–H groups in total. The molecule has 0 saturated carbocycles. The van der Waals surface area contributed by atoms with Gasteiger partial charge in [-0.3, -0.25) is 0 Å². The lowest BCUT2D eigenvalue weighted by molar-refractivity contribution is 0.324. The summed E-state index contributed by atoms with van der Waals surface area (Å²) in [5.41, 5.74) is 7.93. The number of hydrogen-bond acceptors (Lipinski definition) is 2. The third-order valence-electron chi connectivity index (χ3n) is 5.12. The molecular formula is C27H35NO2S. The Kier molecular flexibility index (Phi) is 8.64. The van der Waals surface area contributed by atoms with Gasteiger partial charge in [-0.1, -0.05) is 74.0 Å². The summed E-state index contributed by atoms with van der Waals surface area (Å²) in [4.78, 5) is 0.405. The van der Waals surface area contributed by atoms with Gasteiger partial charge in [0, 0.05) is 6.54 Å². The molecule has 0 saturated heterocycles. The molecule has 3 nitrogen and oxygen atoms in total. The first-order valence-electron chi connectivity index (χ1n) is 10.8. The van der Waals surface area contributed by atoms with E-state index < -0.39 is 10.0 Å². The molecule has 0 aliphatic carbocycles. The molecule has 2 aromatic carbocycles. The van der Waals surface area contributed by atoms with Crippen molar-refractivity contribution in [2.75, 3.05) is 6.54 Å². The highest BCUT2D eigenvalue weighted by atomic mass is 32.2. The van der Waals surface area contributed by atoms with Crippen LogP contribution in [0.1, 0.15) is 49.9 Å². The van der Waals surface area contributed by atoms with E-state index in [1.807, 2.05) is 109 Å². The second-order valence-electron chi connectivity index (χ2n) is 8.66. The number of rotatable bonds is 8. The van der Waals surface area contributed by atoms with E-state index in [1.165, 1.54) is 0 Å². The highest BCUT2D eigenvalue weighted by molar-refractivity contribution is 7.89. The van der Waals surface area contributed by atoms with Gasteiger partial charge < -0.3 is 0 Å². The molecule has 0 radical (unpaired) electrons. The summed E-state index contributed by atoms with van der Waals surface area (Å²) in [5.74, 6) is 0.0952. The second-order valence-corrected chi connectivity index (χ2v) is 10.5. The van der Waals surface area contributed by atoms with Crippen molar-refractivity contribution in [3.05, 3.63) is 88.2 Å². The van der Waals surface area contributed by atoms with Crippen LogP contribution in [0.3, 0.4) is 0 Å². The van der Waals surface area contributed by atoms with E-state index in [-0.39, 0.29) is 18.5 Å². The van der Waals surface area contributed by atoms with Crippen LogP contribution in [0.15, 0.2) is 70.8 Å². The van der Waals surface area contributed by atoms with Crippen molar-refractivity contribution in [3.8, 4) is 0 Å². The first-order valence-corrected chi connectivity index (χ1v) is 12.2. The number of hydrogen-bond donors (Lipinski definition) is 0.